The third kappa shape index (κ3) is 3.08. The van der Waals surface area contributed by atoms with Crippen molar-refractivity contribution >= 4 is 17.6 Å². The minimum Gasteiger partial charge on any atom is -0.481 e. The largest absolute Gasteiger partial charge is 0.481 e. The molecular formula is C16H19N5O3. The van der Waals surface area contributed by atoms with Crippen molar-refractivity contribution in [3.05, 3.63) is 36.3 Å². The first-order valence-corrected chi connectivity index (χ1v) is 7.67. The molecular weight excluding hydrogens is 310 g/mol. The standard InChI is InChI=1S/C16H19N5O3/c1-19-7-3-4-12(19)14(22)15(23)20-8-10-21(11-9-20)16-17-6-5-13(18-16)24-2/h3-7H,8-11H2,1-2H3. The third-order valence-corrected chi connectivity index (χ3v) is 4.05. The van der Waals surface area contributed by atoms with Crippen LogP contribution in [0.4, 0.5) is 5.95 Å². The van der Waals surface area contributed by atoms with E-state index in [2.05, 4.69) is 9.97 Å². The number of amides is 1. The maximum absolute atomic E-state index is 12.4. The molecule has 0 atom stereocenters. The Morgan fingerprint density at radius 2 is 1.92 bits per heavy atom. The Kier molecular flexibility index (Phi) is 4.45. The summed E-state index contributed by atoms with van der Waals surface area (Å²) in [6.45, 7) is 2.05. The quantitative estimate of drug-likeness (QED) is 0.595. The minimum absolute atomic E-state index is 0.401. The zero-order chi connectivity index (χ0) is 17.1. The highest BCUT2D eigenvalue weighted by atomic mass is 16.5. The highest BCUT2D eigenvalue weighted by Crippen LogP contribution is 2.15. The Bertz CT molecular complexity index is 750. The summed E-state index contributed by atoms with van der Waals surface area (Å²) in [5.74, 6) is 0.115. The topological polar surface area (TPSA) is 80.6 Å². The van der Waals surface area contributed by atoms with Gasteiger partial charge in [0, 0.05) is 51.7 Å². The van der Waals surface area contributed by atoms with Crippen molar-refractivity contribution in [1.82, 2.24) is 19.4 Å². The minimum atomic E-state index is -0.478. The van der Waals surface area contributed by atoms with E-state index in [4.69, 9.17) is 4.74 Å². The van der Waals surface area contributed by atoms with Crippen LogP contribution < -0.4 is 9.64 Å². The lowest BCUT2D eigenvalue weighted by molar-refractivity contribution is -0.126. The summed E-state index contributed by atoms with van der Waals surface area (Å²) >= 11 is 0. The predicted molar refractivity (Wildman–Crippen MR) is 87.1 cm³/mol. The van der Waals surface area contributed by atoms with Gasteiger partial charge in [0.1, 0.15) is 0 Å². The van der Waals surface area contributed by atoms with Crippen molar-refractivity contribution in [3.8, 4) is 5.88 Å². The summed E-state index contributed by atoms with van der Waals surface area (Å²) in [6, 6.07) is 5.08. The monoisotopic (exact) mass is 329 g/mol. The fourth-order valence-electron chi connectivity index (χ4n) is 2.66. The maximum atomic E-state index is 12.4. The summed E-state index contributed by atoms with van der Waals surface area (Å²) in [5, 5.41) is 0. The van der Waals surface area contributed by atoms with Crippen molar-refractivity contribution < 1.29 is 14.3 Å². The van der Waals surface area contributed by atoms with Crippen molar-refractivity contribution in [3.63, 3.8) is 0 Å². The number of carbonyl (C=O) groups is 2. The molecule has 0 bridgehead atoms. The van der Waals surface area contributed by atoms with Crippen molar-refractivity contribution in [2.24, 2.45) is 7.05 Å². The van der Waals surface area contributed by atoms with E-state index in [-0.39, 0.29) is 0 Å². The van der Waals surface area contributed by atoms with E-state index in [1.54, 1.807) is 54.2 Å². The smallest absolute Gasteiger partial charge is 0.296 e. The molecule has 8 heteroatoms. The van der Waals surface area contributed by atoms with Gasteiger partial charge in [0.2, 0.25) is 11.8 Å². The normalized spacial score (nSPS) is 14.6. The van der Waals surface area contributed by atoms with Gasteiger partial charge in [-0.3, -0.25) is 9.59 Å². The molecule has 1 aliphatic rings. The Morgan fingerprint density at radius 1 is 1.17 bits per heavy atom. The summed E-state index contributed by atoms with van der Waals surface area (Å²) in [4.78, 5) is 36.7. The van der Waals surface area contributed by atoms with Crippen LogP contribution in [0.1, 0.15) is 10.5 Å². The predicted octanol–water partition coefficient (Wildman–Crippen LogP) is 0.355. The van der Waals surface area contributed by atoms with Gasteiger partial charge in [0.15, 0.2) is 0 Å². The number of hydrogen-bond acceptors (Lipinski definition) is 6. The van der Waals surface area contributed by atoms with Crippen LogP contribution in [0.2, 0.25) is 0 Å². The number of aromatic nitrogens is 3. The first-order valence-electron chi connectivity index (χ1n) is 7.67. The number of methoxy groups -OCH3 is 1. The van der Waals surface area contributed by atoms with E-state index in [0.717, 1.165) is 0 Å². The number of hydrogen-bond donors (Lipinski definition) is 0. The van der Waals surface area contributed by atoms with E-state index in [1.807, 2.05) is 4.90 Å². The Morgan fingerprint density at radius 3 is 2.54 bits per heavy atom. The van der Waals surface area contributed by atoms with E-state index < -0.39 is 11.7 Å². The van der Waals surface area contributed by atoms with Gasteiger partial charge in [-0.15, -0.1) is 0 Å². The summed E-state index contributed by atoms with van der Waals surface area (Å²) in [5.41, 5.74) is 0.401. The molecule has 0 radical (unpaired) electrons. The second-order valence-electron chi connectivity index (χ2n) is 5.51. The summed E-state index contributed by atoms with van der Waals surface area (Å²) < 4.78 is 6.75. The number of nitrogens with zero attached hydrogens (tertiary/aromatic N) is 5. The molecule has 126 valence electrons. The average molecular weight is 329 g/mol. The molecule has 1 aliphatic heterocycles. The number of aryl methyl sites for hydroxylation is 1. The van der Waals surface area contributed by atoms with Crippen LogP contribution >= 0.6 is 0 Å². The molecule has 2 aromatic heterocycles. The number of carbonyl (C=O) groups excluding carboxylic acids is 2. The molecule has 1 fully saturated rings. The highest BCUT2D eigenvalue weighted by Gasteiger charge is 2.28. The Balaban J connectivity index is 1.63. The van der Waals surface area contributed by atoms with Gasteiger partial charge in [0.05, 0.1) is 12.8 Å². The van der Waals surface area contributed by atoms with Crippen LogP contribution in [0.5, 0.6) is 5.88 Å². The summed E-state index contributed by atoms with van der Waals surface area (Å²) in [7, 11) is 3.30. The van der Waals surface area contributed by atoms with Gasteiger partial charge in [-0.2, -0.15) is 4.98 Å². The molecule has 1 saturated heterocycles. The first-order chi connectivity index (χ1) is 11.6. The van der Waals surface area contributed by atoms with Gasteiger partial charge in [-0.25, -0.2) is 4.98 Å². The number of Topliss-reactive ketones (excluding diaryl/α,β-unsaturated/α-hetero) is 1. The molecule has 8 nitrogen and oxygen atoms in total. The Hall–Kier alpha value is -2.90. The SMILES string of the molecule is COc1ccnc(N2CCN(C(=O)C(=O)c3cccn3C)CC2)n1. The molecule has 3 heterocycles. The molecule has 0 aliphatic carbocycles. The molecule has 1 amide bonds. The second-order valence-corrected chi connectivity index (χ2v) is 5.51. The molecule has 24 heavy (non-hydrogen) atoms. The van der Waals surface area contributed by atoms with Gasteiger partial charge in [-0.1, -0.05) is 0 Å². The third-order valence-electron chi connectivity index (χ3n) is 4.05. The molecule has 3 rings (SSSR count). The zero-order valence-corrected chi connectivity index (χ0v) is 13.7. The van der Waals surface area contributed by atoms with Crippen LogP contribution in [0.15, 0.2) is 30.6 Å². The van der Waals surface area contributed by atoms with E-state index in [0.29, 0.717) is 43.7 Å². The fraction of sp³-hybridized carbons (Fsp3) is 0.375. The van der Waals surface area contributed by atoms with Gasteiger partial charge >= 0.3 is 0 Å². The second kappa shape index (κ2) is 6.69. The fourth-order valence-corrected chi connectivity index (χ4v) is 2.66. The number of anilines is 1. The van der Waals surface area contributed by atoms with E-state index in [9.17, 15) is 9.59 Å². The lowest BCUT2D eigenvalue weighted by Gasteiger charge is -2.34. The van der Waals surface area contributed by atoms with Crippen LogP contribution in [0.3, 0.4) is 0 Å². The lowest BCUT2D eigenvalue weighted by Crippen LogP contribution is -2.51. The highest BCUT2D eigenvalue weighted by molar-refractivity contribution is 6.42. The number of piperazine rings is 1. The average Bonchev–Trinajstić information content (AvgIpc) is 3.06. The number of rotatable bonds is 4. The molecule has 0 unspecified atom stereocenters. The van der Waals surface area contributed by atoms with Gasteiger partial charge in [-0.05, 0) is 12.1 Å². The molecule has 2 aromatic rings. The van der Waals surface area contributed by atoms with Crippen molar-refractivity contribution in [2.75, 3.05) is 38.2 Å². The van der Waals surface area contributed by atoms with Crippen molar-refractivity contribution in [2.45, 2.75) is 0 Å². The number of ketones is 1. The maximum Gasteiger partial charge on any atom is 0.296 e. The van der Waals surface area contributed by atoms with Crippen LogP contribution in [-0.4, -0.2) is 64.4 Å². The van der Waals surface area contributed by atoms with Crippen LogP contribution in [-0.2, 0) is 11.8 Å². The van der Waals surface area contributed by atoms with E-state index >= 15 is 0 Å². The van der Waals surface area contributed by atoms with Gasteiger partial charge in [0.25, 0.3) is 11.7 Å². The van der Waals surface area contributed by atoms with E-state index in [1.165, 1.54) is 0 Å². The van der Waals surface area contributed by atoms with Crippen LogP contribution in [0, 0.1) is 0 Å². The zero-order valence-electron chi connectivity index (χ0n) is 13.7. The Labute approximate surface area is 139 Å². The van der Waals surface area contributed by atoms with Gasteiger partial charge < -0.3 is 19.1 Å². The van der Waals surface area contributed by atoms with Crippen LogP contribution in [0.25, 0.3) is 0 Å². The molecule has 0 spiro atoms. The molecule has 0 N–H and O–H groups in total. The number of ether oxygens (including phenoxy) is 1. The van der Waals surface area contributed by atoms with Crippen molar-refractivity contribution in [1.29, 1.82) is 0 Å². The summed E-state index contributed by atoms with van der Waals surface area (Å²) in [6.07, 6.45) is 3.39. The molecule has 0 aromatic carbocycles. The molecule has 0 saturated carbocycles. The lowest BCUT2D eigenvalue weighted by atomic mass is 10.2. The first kappa shape index (κ1) is 16.0.